The van der Waals surface area contributed by atoms with Gasteiger partial charge in [0.25, 0.3) is 0 Å². The average molecular weight is 444 g/mol. The lowest BCUT2D eigenvalue weighted by molar-refractivity contribution is -0.122. The number of aromatic nitrogens is 4. The molecule has 9 heteroatoms. The Balaban J connectivity index is 1.61. The van der Waals surface area contributed by atoms with Crippen LogP contribution in [-0.2, 0) is 11.3 Å². The topological polar surface area (TPSA) is 110 Å². The molecule has 1 fully saturated rings. The van der Waals surface area contributed by atoms with Crippen molar-refractivity contribution in [2.75, 3.05) is 10.6 Å². The Morgan fingerprint density at radius 3 is 2.96 bits per heavy atom. The molecule has 0 aromatic carbocycles. The number of nitrogens with one attached hydrogen (secondary N) is 2. The first-order valence-electron chi connectivity index (χ1n) is 9.35. The Hall–Kier alpha value is -2.68. The number of hydrogen-bond acceptors (Lipinski definition) is 6. The third-order valence-electron chi connectivity index (χ3n) is 5.09. The summed E-state index contributed by atoms with van der Waals surface area (Å²) in [5.41, 5.74) is 7.38. The van der Waals surface area contributed by atoms with Crippen molar-refractivity contribution in [2.45, 2.75) is 38.3 Å². The molecule has 3 heterocycles. The fraction of sp³-hybridized carbons (Fsp3) is 0.368. The number of halogens is 1. The van der Waals surface area contributed by atoms with Crippen LogP contribution in [0.4, 0.5) is 11.6 Å². The van der Waals surface area contributed by atoms with Crippen LogP contribution in [0.2, 0.25) is 0 Å². The molecule has 0 saturated heterocycles. The third-order valence-corrected chi connectivity index (χ3v) is 5.65. The quantitative estimate of drug-likeness (QED) is 0.539. The van der Waals surface area contributed by atoms with Crippen molar-refractivity contribution < 1.29 is 4.79 Å². The molecular formula is C19H22BrN7O. The molecule has 1 unspecified atom stereocenters. The van der Waals surface area contributed by atoms with Gasteiger partial charge in [-0.05, 0) is 40.4 Å². The highest BCUT2D eigenvalue weighted by Crippen LogP contribution is 2.29. The number of carbonyl (C=O) groups is 1. The zero-order chi connectivity index (χ0) is 19.5. The number of primary amides is 1. The van der Waals surface area contributed by atoms with Crippen LogP contribution in [-0.4, -0.2) is 31.5 Å². The Kier molecular flexibility index (Phi) is 5.43. The summed E-state index contributed by atoms with van der Waals surface area (Å²) < 4.78 is 2.55. The van der Waals surface area contributed by atoms with Crippen LogP contribution >= 0.6 is 15.9 Å². The highest BCUT2D eigenvalue weighted by molar-refractivity contribution is 9.10. The lowest BCUT2D eigenvalue weighted by atomic mass is 9.84. The highest BCUT2D eigenvalue weighted by Gasteiger charge is 2.29. The second kappa shape index (κ2) is 8.14. The molecule has 3 aromatic heterocycles. The lowest BCUT2D eigenvalue weighted by Crippen LogP contribution is -2.40. The maximum atomic E-state index is 11.8. The van der Waals surface area contributed by atoms with Gasteiger partial charge in [0.15, 0.2) is 5.65 Å². The highest BCUT2D eigenvalue weighted by atomic mass is 79.9. The molecule has 0 radical (unpaired) electrons. The Labute approximate surface area is 171 Å². The Bertz CT molecular complexity index is 975. The minimum Gasteiger partial charge on any atom is -0.369 e. The predicted molar refractivity (Wildman–Crippen MR) is 111 cm³/mol. The van der Waals surface area contributed by atoms with Crippen LogP contribution in [0.1, 0.15) is 31.2 Å². The molecule has 4 rings (SSSR count). The van der Waals surface area contributed by atoms with Gasteiger partial charge >= 0.3 is 0 Å². The zero-order valence-corrected chi connectivity index (χ0v) is 16.9. The minimum atomic E-state index is -0.251. The van der Waals surface area contributed by atoms with E-state index in [4.69, 9.17) is 5.73 Å². The van der Waals surface area contributed by atoms with Crippen LogP contribution in [0, 0.1) is 5.92 Å². The van der Waals surface area contributed by atoms with Crippen molar-refractivity contribution >= 4 is 39.1 Å². The summed E-state index contributed by atoms with van der Waals surface area (Å²) in [5.74, 6) is 1.07. The normalized spacial score (nSPS) is 19.5. The first-order chi connectivity index (χ1) is 13.6. The fourth-order valence-electron chi connectivity index (χ4n) is 3.67. The molecule has 2 atom stereocenters. The maximum absolute atomic E-state index is 11.8. The third kappa shape index (κ3) is 3.94. The van der Waals surface area contributed by atoms with Gasteiger partial charge < -0.3 is 16.4 Å². The van der Waals surface area contributed by atoms with Crippen molar-refractivity contribution in [3.63, 3.8) is 0 Å². The van der Waals surface area contributed by atoms with Gasteiger partial charge in [0.05, 0.1) is 16.6 Å². The van der Waals surface area contributed by atoms with E-state index in [1.807, 2.05) is 24.4 Å². The van der Waals surface area contributed by atoms with Gasteiger partial charge in [-0.1, -0.05) is 18.9 Å². The number of amides is 1. The molecule has 3 aromatic rings. The first kappa shape index (κ1) is 18.7. The van der Waals surface area contributed by atoms with Crippen LogP contribution in [0.15, 0.2) is 41.3 Å². The van der Waals surface area contributed by atoms with Crippen molar-refractivity contribution in [3.05, 3.63) is 46.8 Å². The van der Waals surface area contributed by atoms with E-state index in [2.05, 4.69) is 41.6 Å². The van der Waals surface area contributed by atoms with E-state index in [0.717, 1.165) is 41.5 Å². The van der Waals surface area contributed by atoms with Crippen molar-refractivity contribution in [2.24, 2.45) is 11.7 Å². The zero-order valence-electron chi connectivity index (χ0n) is 15.3. The first-order valence-corrected chi connectivity index (χ1v) is 10.1. The van der Waals surface area contributed by atoms with Crippen molar-refractivity contribution in [1.29, 1.82) is 0 Å². The van der Waals surface area contributed by atoms with Gasteiger partial charge in [-0.3, -0.25) is 9.78 Å². The van der Waals surface area contributed by atoms with Crippen LogP contribution in [0.3, 0.4) is 0 Å². The molecule has 146 valence electrons. The summed E-state index contributed by atoms with van der Waals surface area (Å²) in [4.78, 5) is 20.6. The summed E-state index contributed by atoms with van der Waals surface area (Å²) in [6.07, 6.45) is 9.12. The van der Waals surface area contributed by atoms with Crippen molar-refractivity contribution in [3.8, 4) is 0 Å². The van der Waals surface area contributed by atoms with Gasteiger partial charge in [0, 0.05) is 31.0 Å². The molecule has 1 aliphatic carbocycles. The fourth-order valence-corrected chi connectivity index (χ4v) is 4.01. The number of fused-ring (bicyclic) bond motifs is 1. The molecule has 0 aliphatic heterocycles. The Morgan fingerprint density at radius 1 is 1.32 bits per heavy atom. The number of nitrogens with two attached hydrogens (primary N) is 1. The number of anilines is 2. The molecule has 1 saturated carbocycles. The molecule has 8 nitrogen and oxygen atoms in total. The van der Waals surface area contributed by atoms with Crippen LogP contribution < -0.4 is 16.4 Å². The van der Waals surface area contributed by atoms with E-state index >= 15 is 0 Å². The van der Waals surface area contributed by atoms with E-state index in [1.165, 1.54) is 0 Å². The summed E-state index contributed by atoms with van der Waals surface area (Å²) in [7, 11) is 0. The van der Waals surface area contributed by atoms with E-state index in [0.29, 0.717) is 18.0 Å². The molecule has 0 spiro atoms. The SMILES string of the molecule is NC(=O)[C@H]1CCCCC1Nc1cc(NCc2cccnc2)n2ncc(Br)c2n1. The maximum Gasteiger partial charge on any atom is 0.222 e. The van der Waals surface area contributed by atoms with E-state index < -0.39 is 0 Å². The molecule has 0 bridgehead atoms. The molecule has 28 heavy (non-hydrogen) atoms. The Morgan fingerprint density at radius 2 is 2.18 bits per heavy atom. The average Bonchev–Trinajstić information content (AvgIpc) is 3.08. The van der Waals surface area contributed by atoms with Crippen molar-refractivity contribution in [1.82, 2.24) is 19.6 Å². The largest absolute Gasteiger partial charge is 0.369 e. The van der Waals surface area contributed by atoms with Gasteiger partial charge in [-0.2, -0.15) is 9.61 Å². The number of hydrogen-bond donors (Lipinski definition) is 3. The number of nitrogens with zero attached hydrogens (tertiary/aromatic N) is 4. The lowest BCUT2D eigenvalue weighted by Gasteiger charge is -2.30. The van der Waals surface area contributed by atoms with Crippen LogP contribution in [0.5, 0.6) is 0 Å². The van der Waals surface area contributed by atoms with Gasteiger partial charge in [-0.25, -0.2) is 4.98 Å². The number of carbonyl (C=O) groups excluding carboxylic acids is 1. The molecule has 1 aliphatic rings. The smallest absolute Gasteiger partial charge is 0.222 e. The minimum absolute atomic E-state index is 0.00549. The summed E-state index contributed by atoms with van der Waals surface area (Å²) >= 11 is 3.51. The summed E-state index contributed by atoms with van der Waals surface area (Å²) in [6.45, 7) is 0.608. The van der Waals surface area contributed by atoms with E-state index in [1.54, 1.807) is 16.9 Å². The van der Waals surface area contributed by atoms with E-state index in [9.17, 15) is 4.79 Å². The number of pyridine rings is 1. The van der Waals surface area contributed by atoms with Crippen LogP contribution in [0.25, 0.3) is 5.65 Å². The predicted octanol–water partition coefficient (Wildman–Crippen LogP) is 2.95. The second-order valence-corrected chi connectivity index (χ2v) is 7.87. The number of rotatable bonds is 6. The summed E-state index contributed by atoms with van der Waals surface area (Å²) in [5, 5.41) is 11.2. The molecule has 1 amide bonds. The monoisotopic (exact) mass is 443 g/mol. The van der Waals surface area contributed by atoms with Gasteiger partial charge in [0.1, 0.15) is 11.6 Å². The standard InChI is InChI=1S/C19H22BrN7O/c20-14-11-24-27-17(23-10-12-4-3-7-22-9-12)8-16(26-19(14)27)25-15-6-2-1-5-13(15)18(21)28/h3-4,7-9,11,13,15,23H,1-2,5-6,10H2,(H2,21,28)(H,25,26)/t13-,15?/m0/s1. The second-order valence-electron chi connectivity index (χ2n) is 7.01. The van der Waals surface area contributed by atoms with Gasteiger partial charge in [-0.15, -0.1) is 0 Å². The van der Waals surface area contributed by atoms with Gasteiger partial charge in [0.2, 0.25) is 5.91 Å². The summed E-state index contributed by atoms with van der Waals surface area (Å²) in [6, 6.07) is 5.82. The van der Waals surface area contributed by atoms with E-state index in [-0.39, 0.29) is 17.9 Å². The molecule has 4 N–H and O–H groups in total. The molecular weight excluding hydrogens is 422 g/mol.